The van der Waals surface area contributed by atoms with E-state index in [4.69, 9.17) is 16.0 Å². The molecule has 0 atom stereocenters. The van der Waals surface area contributed by atoms with Crippen molar-refractivity contribution in [2.24, 2.45) is 0 Å². The van der Waals surface area contributed by atoms with Gasteiger partial charge in [0.2, 0.25) is 0 Å². The largest absolute Gasteiger partial charge is 0.482 e. The Morgan fingerprint density at radius 3 is 1.56 bits per heavy atom. The third-order valence-corrected chi connectivity index (χ3v) is 14.6. The smallest absolute Gasteiger partial charge is 0.265 e. The van der Waals surface area contributed by atoms with E-state index in [9.17, 15) is 15.8 Å². The SMILES string of the molecule is [C-]#[N+]/C(C#N)=C1/C=C(c2cc3c(s2)-c2cc4c(cc2OC32CCCCC2)-c2sc(C3=CC(=C(C#N)C#N)CCC3)cc2C2(CCCCC2)O4)CCC1. The molecule has 0 saturated heterocycles. The molecule has 4 aliphatic carbocycles. The highest BCUT2D eigenvalue weighted by Crippen LogP contribution is 2.61. The maximum absolute atomic E-state index is 9.61. The Kier molecular flexibility index (Phi) is 8.23. The van der Waals surface area contributed by atoms with Crippen LogP contribution >= 0.6 is 22.7 Å². The van der Waals surface area contributed by atoms with E-state index in [0.717, 1.165) is 124 Å². The highest BCUT2D eigenvalue weighted by Gasteiger charge is 2.47. The van der Waals surface area contributed by atoms with Crippen LogP contribution in [0.15, 0.2) is 58.8 Å². The Hall–Kier alpha value is -4.86. The zero-order valence-corrected chi connectivity index (χ0v) is 30.8. The molecule has 2 spiro atoms. The van der Waals surface area contributed by atoms with E-state index in [0.29, 0.717) is 0 Å². The minimum atomic E-state index is -0.373. The molecule has 6 aliphatic rings. The molecule has 0 bridgehead atoms. The molecule has 2 fully saturated rings. The van der Waals surface area contributed by atoms with Crippen LogP contribution in [0.25, 0.3) is 36.9 Å². The van der Waals surface area contributed by atoms with Gasteiger partial charge in [0.05, 0.1) is 12.6 Å². The first-order chi connectivity index (χ1) is 25.5. The minimum Gasteiger partial charge on any atom is -0.482 e. The number of thiophene rings is 2. The average Bonchev–Trinajstić information content (AvgIpc) is 3.85. The fourth-order valence-corrected chi connectivity index (χ4v) is 12.2. The number of hydrogen-bond acceptors (Lipinski definition) is 7. The predicted octanol–water partition coefficient (Wildman–Crippen LogP) is 12.4. The molecule has 0 amide bonds. The van der Waals surface area contributed by atoms with E-state index in [-0.39, 0.29) is 22.5 Å². The summed E-state index contributed by atoms with van der Waals surface area (Å²) in [4.78, 5) is 8.47. The summed E-state index contributed by atoms with van der Waals surface area (Å²) in [6.45, 7) is 7.53. The number of benzene rings is 1. The normalized spacial score (nSPS) is 21.6. The quantitative estimate of drug-likeness (QED) is 0.194. The lowest BCUT2D eigenvalue weighted by atomic mass is 9.76. The summed E-state index contributed by atoms with van der Waals surface area (Å²) in [7, 11) is 0. The van der Waals surface area contributed by atoms with Crippen molar-refractivity contribution in [2.75, 3.05) is 0 Å². The average molecular weight is 719 g/mol. The Balaban J connectivity index is 1.20. The fourth-order valence-electron chi connectivity index (χ4n) is 9.54. The summed E-state index contributed by atoms with van der Waals surface area (Å²) in [5.74, 6) is 1.86. The molecular weight excluding hydrogens is 681 g/mol. The van der Waals surface area contributed by atoms with Crippen LogP contribution < -0.4 is 9.47 Å². The molecule has 6 nitrogen and oxygen atoms in total. The molecule has 2 aromatic heterocycles. The first-order valence-corrected chi connectivity index (χ1v) is 20.4. The predicted molar refractivity (Wildman–Crippen MR) is 205 cm³/mol. The van der Waals surface area contributed by atoms with Gasteiger partial charge in [-0.15, -0.1) is 22.7 Å². The molecule has 0 radical (unpaired) electrons. The monoisotopic (exact) mass is 718 g/mol. The lowest BCUT2D eigenvalue weighted by Crippen LogP contribution is -2.38. The van der Waals surface area contributed by atoms with Crippen molar-refractivity contribution in [3.63, 3.8) is 0 Å². The van der Waals surface area contributed by atoms with Crippen LogP contribution in [0.1, 0.15) is 124 Å². The molecule has 2 aliphatic heterocycles. The fraction of sp³-hybridized carbons (Fsp3) is 0.409. The van der Waals surface area contributed by atoms with Gasteiger partial charge in [0.25, 0.3) is 5.70 Å². The standard InChI is InChI=1S/C44H38N4O2S2/c1-48-36(26-47)28-11-9-13-30(19-28)40-23-35-42(52-40)33-21-37-32(20-38(33)50-44(35)16-6-3-7-17-44)41-34(43(49-37)14-4-2-5-15-43)22-39(51-41)29-12-8-10-27(18-29)31(24-45)25-46/h18-23H,2-17H2/b36-28+. The van der Waals surface area contributed by atoms with Gasteiger partial charge in [-0.1, -0.05) is 25.0 Å². The minimum absolute atomic E-state index is 0.207. The highest BCUT2D eigenvalue weighted by atomic mass is 32.1. The van der Waals surface area contributed by atoms with Crippen LogP contribution in [-0.2, 0) is 11.2 Å². The topological polar surface area (TPSA) is 94.2 Å². The van der Waals surface area contributed by atoms with Gasteiger partial charge < -0.3 is 9.47 Å². The molecule has 258 valence electrons. The van der Waals surface area contributed by atoms with Crippen LogP contribution in [0, 0.1) is 40.6 Å². The first-order valence-electron chi connectivity index (χ1n) is 18.8. The van der Waals surface area contributed by atoms with Crippen molar-refractivity contribution < 1.29 is 9.47 Å². The number of allylic oxidation sites excluding steroid dienone is 8. The van der Waals surface area contributed by atoms with Gasteiger partial charge in [0.15, 0.2) is 0 Å². The van der Waals surface area contributed by atoms with Gasteiger partial charge in [-0.3, -0.25) is 0 Å². The summed E-state index contributed by atoms with van der Waals surface area (Å²) < 4.78 is 14.5. The van der Waals surface area contributed by atoms with Crippen molar-refractivity contribution in [3.05, 3.63) is 91.1 Å². The van der Waals surface area contributed by atoms with E-state index < -0.39 is 0 Å². The van der Waals surface area contributed by atoms with Crippen LogP contribution in [0.2, 0.25) is 0 Å². The molecule has 0 unspecified atom stereocenters. The molecule has 2 saturated carbocycles. The second kappa shape index (κ2) is 13.0. The number of fused-ring (bicyclic) bond motifs is 8. The second-order valence-electron chi connectivity index (χ2n) is 15.1. The van der Waals surface area contributed by atoms with Gasteiger partial charge in [0, 0.05) is 41.8 Å². The summed E-state index contributed by atoms with van der Waals surface area (Å²) in [6, 6.07) is 15.6. The molecule has 9 rings (SSSR count). The molecule has 3 aromatic rings. The van der Waals surface area contributed by atoms with Gasteiger partial charge in [-0.05, 0) is 136 Å². The number of ether oxygens (including phenoxy) is 2. The Labute approximate surface area is 313 Å². The Morgan fingerprint density at radius 2 is 1.10 bits per heavy atom. The van der Waals surface area contributed by atoms with Gasteiger partial charge in [-0.25, -0.2) is 10.1 Å². The van der Waals surface area contributed by atoms with Crippen LogP contribution in [-0.4, -0.2) is 0 Å². The Morgan fingerprint density at radius 1 is 0.615 bits per heavy atom. The molecule has 1 aromatic carbocycles. The third-order valence-electron chi connectivity index (χ3n) is 12.1. The number of hydrogen-bond donors (Lipinski definition) is 0. The zero-order valence-electron chi connectivity index (χ0n) is 29.2. The van der Waals surface area contributed by atoms with E-state index in [1.54, 1.807) is 0 Å². The molecule has 52 heavy (non-hydrogen) atoms. The van der Waals surface area contributed by atoms with E-state index in [1.165, 1.54) is 54.6 Å². The van der Waals surface area contributed by atoms with Gasteiger partial charge in [-0.2, -0.15) is 10.5 Å². The van der Waals surface area contributed by atoms with Crippen molar-refractivity contribution in [3.8, 4) is 50.6 Å². The highest BCUT2D eigenvalue weighted by molar-refractivity contribution is 7.17. The third kappa shape index (κ3) is 5.27. The lowest BCUT2D eigenvalue weighted by molar-refractivity contribution is 0.0203. The summed E-state index contributed by atoms with van der Waals surface area (Å²) in [6.07, 6.45) is 20.3. The molecule has 8 heteroatoms. The number of nitriles is 3. The number of rotatable bonds is 2. The van der Waals surface area contributed by atoms with Crippen LogP contribution in [0.5, 0.6) is 11.5 Å². The van der Waals surface area contributed by atoms with Crippen molar-refractivity contribution in [1.29, 1.82) is 15.8 Å². The summed E-state index contributed by atoms with van der Waals surface area (Å²) in [5, 5.41) is 28.8. The Bertz CT molecular complexity index is 2130. The van der Waals surface area contributed by atoms with E-state index in [2.05, 4.69) is 59.5 Å². The zero-order chi connectivity index (χ0) is 35.5. The van der Waals surface area contributed by atoms with Gasteiger partial charge >= 0.3 is 0 Å². The van der Waals surface area contributed by atoms with E-state index in [1.807, 2.05) is 22.7 Å². The van der Waals surface area contributed by atoms with Crippen LogP contribution in [0.4, 0.5) is 0 Å². The van der Waals surface area contributed by atoms with Crippen molar-refractivity contribution >= 4 is 33.8 Å². The summed E-state index contributed by atoms with van der Waals surface area (Å²) >= 11 is 3.66. The first kappa shape index (κ1) is 33.0. The maximum Gasteiger partial charge on any atom is 0.265 e. The number of nitrogens with zero attached hydrogens (tertiary/aromatic N) is 4. The van der Waals surface area contributed by atoms with Crippen molar-refractivity contribution in [2.45, 2.75) is 114 Å². The van der Waals surface area contributed by atoms with Gasteiger partial charge in [0.1, 0.15) is 40.4 Å². The lowest BCUT2D eigenvalue weighted by Gasteiger charge is -2.44. The van der Waals surface area contributed by atoms with E-state index >= 15 is 0 Å². The molecule has 4 heterocycles. The second-order valence-corrected chi connectivity index (χ2v) is 17.2. The van der Waals surface area contributed by atoms with Crippen molar-refractivity contribution in [1.82, 2.24) is 0 Å². The van der Waals surface area contributed by atoms with Crippen LogP contribution in [0.3, 0.4) is 0 Å². The molecule has 0 N–H and O–H groups in total. The maximum atomic E-state index is 9.61. The summed E-state index contributed by atoms with van der Waals surface area (Å²) in [5.41, 5.74) is 8.57. The molecular formula is C44H38N4O2S2.